The van der Waals surface area contributed by atoms with Crippen LogP contribution in [0, 0.1) is 0 Å². The van der Waals surface area contributed by atoms with Crippen molar-refractivity contribution in [3.05, 3.63) is 0 Å². The van der Waals surface area contributed by atoms with Gasteiger partial charge in [-0.3, -0.25) is 9.80 Å². The number of hydrazine groups is 1. The fourth-order valence-corrected chi connectivity index (χ4v) is 1.71. The molecule has 2 bridgehead atoms. The van der Waals surface area contributed by atoms with Crippen LogP contribution in [-0.4, -0.2) is 35.1 Å². The van der Waals surface area contributed by atoms with Crippen molar-refractivity contribution in [1.29, 1.82) is 0 Å². The first-order valence-corrected chi connectivity index (χ1v) is 3.33. The molecule has 3 heterocycles. The second kappa shape index (κ2) is 1.48. The van der Waals surface area contributed by atoms with E-state index in [0.29, 0.717) is 6.04 Å². The maximum atomic E-state index is 10.8. The van der Waals surface area contributed by atoms with Crippen molar-refractivity contribution in [1.82, 2.24) is 10.0 Å². The van der Waals surface area contributed by atoms with E-state index in [0.717, 1.165) is 13.1 Å². The van der Waals surface area contributed by atoms with Gasteiger partial charge in [-0.1, -0.05) is 0 Å². The minimum atomic E-state index is 0.198. The van der Waals surface area contributed by atoms with Crippen LogP contribution in [0.2, 0.25) is 0 Å². The number of hydrogen-bond acceptors (Lipinski definition) is 2. The van der Waals surface area contributed by atoms with Crippen molar-refractivity contribution in [3.8, 4) is 0 Å². The zero-order chi connectivity index (χ0) is 6.43. The van der Waals surface area contributed by atoms with Gasteiger partial charge in [0.25, 0.3) is 0 Å². The Hall–Kier alpha value is -0.570. The second-order valence-electron chi connectivity index (χ2n) is 2.72. The van der Waals surface area contributed by atoms with Crippen LogP contribution in [0.25, 0.3) is 0 Å². The number of fused-ring (bicyclic) bond motifs is 1. The van der Waals surface area contributed by atoms with Crippen LogP contribution in [0.15, 0.2) is 0 Å². The Morgan fingerprint density at radius 3 is 2.67 bits per heavy atom. The van der Waals surface area contributed by atoms with E-state index in [9.17, 15) is 4.79 Å². The first-order valence-electron chi connectivity index (χ1n) is 3.33. The highest BCUT2D eigenvalue weighted by atomic mass is 16.2. The van der Waals surface area contributed by atoms with Gasteiger partial charge in [0.1, 0.15) is 0 Å². The lowest BCUT2D eigenvalue weighted by Gasteiger charge is -2.41. The summed E-state index contributed by atoms with van der Waals surface area (Å²) in [5.74, 6) is 0.198. The predicted molar refractivity (Wildman–Crippen MR) is 32.5 cm³/mol. The molecule has 0 saturated carbocycles. The van der Waals surface area contributed by atoms with Crippen molar-refractivity contribution in [2.24, 2.45) is 0 Å². The van der Waals surface area contributed by atoms with Gasteiger partial charge in [0.2, 0.25) is 5.91 Å². The van der Waals surface area contributed by atoms with Crippen LogP contribution in [-0.2, 0) is 4.79 Å². The summed E-state index contributed by atoms with van der Waals surface area (Å²) in [6.45, 7) is 3.83. The van der Waals surface area contributed by atoms with E-state index in [4.69, 9.17) is 0 Å². The molecule has 3 nitrogen and oxygen atoms in total. The number of carbonyl (C=O) groups is 1. The van der Waals surface area contributed by atoms with E-state index >= 15 is 0 Å². The number of amides is 1. The molecule has 0 aromatic rings. The summed E-state index contributed by atoms with van der Waals surface area (Å²) >= 11 is 0. The third-order valence-electron chi connectivity index (χ3n) is 2.12. The van der Waals surface area contributed by atoms with Crippen LogP contribution in [0.3, 0.4) is 0 Å². The second-order valence-corrected chi connectivity index (χ2v) is 2.72. The molecular formula is C6H10N2O. The Balaban J connectivity index is 2.10. The van der Waals surface area contributed by atoms with Gasteiger partial charge >= 0.3 is 0 Å². The van der Waals surface area contributed by atoms with Crippen molar-refractivity contribution in [2.45, 2.75) is 19.4 Å². The van der Waals surface area contributed by atoms with Crippen LogP contribution < -0.4 is 0 Å². The Labute approximate surface area is 54.2 Å². The molecule has 0 radical (unpaired) electrons. The monoisotopic (exact) mass is 126 g/mol. The quantitative estimate of drug-likeness (QED) is 0.450. The Morgan fingerprint density at radius 1 is 1.67 bits per heavy atom. The van der Waals surface area contributed by atoms with Crippen LogP contribution >= 0.6 is 0 Å². The summed E-state index contributed by atoms with van der Waals surface area (Å²) < 4.78 is 0. The van der Waals surface area contributed by atoms with E-state index < -0.39 is 0 Å². The number of carbonyl (C=O) groups excluding carboxylic acids is 1. The largest absolute Gasteiger partial charge is 0.274 e. The summed E-state index contributed by atoms with van der Waals surface area (Å²) in [6, 6.07) is 0.558. The highest BCUT2D eigenvalue weighted by Gasteiger charge is 2.44. The Kier molecular flexibility index (Phi) is 0.858. The fraction of sp³-hybridized carbons (Fsp3) is 0.833. The van der Waals surface area contributed by atoms with Gasteiger partial charge < -0.3 is 0 Å². The molecule has 3 aliphatic rings. The van der Waals surface area contributed by atoms with Gasteiger partial charge in [-0.25, -0.2) is 5.01 Å². The molecule has 0 aliphatic carbocycles. The molecule has 2 atom stereocenters. The molecule has 3 aliphatic heterocycles. The molecule has 9 heavy (non-hydrogen) atoms. The molecule has 3 fully saturated rings. The number of hydrogen-bond donors (Lipinski definition) is 0. The number of nitrogens with zero attached hydrogens (tertiary/aromatic N) is 2. The minimum Gasteiger partial charge on any atom is -0.274 e. The lowest BCUT2D eigenvalue weighted by molar-refractivity contribution is -0.163. The molecule has 0 aromatic heterocycles. The average Bonchev–Trinajstić information content (AvgIpc) is 2.13. The topological polar surface area (TPSA) is 23.6 Å². The molecular weight excluding hydrogens is 116 g/mol. The average molecular weight is 126 g/mol. The van der Waals surface area contributed by atoms with Gasteiger partial charge in [-0.05, 0) is 6.42 Å². The summed E-state index contributed by atoms with van der Waals surface area (Å²) in [5.41, 5.74) is 0. The maximum Gasteiger partial charge on any atom is 0.234 e. The molecule has 1 unspecified atom stereocenters. The molecule has 0 N–H and O–H groups in total. The highest BCUT2D eigenvalue weighted by molar-refractivity contribution is 5.74. The minimum absolute atomic E-state index is 0.198. The van der Waals surface area contributed by atoms with Crippen LogP contribution in [0.5, 0.6) is 0 Å². The normalized spacial score (nSPS) is 38.6. The molecule has 3 rings (SSSR count). The smallest absolute Gasteiger partial charge is 0.234 e. The lowest BCUT2D eigenvalue weighted by Crippen LogP contribution is -2.58. The third kappa shape index (κ3) is 0.525. The first kappa shape index (κ1) is 5.23. The van der Waals surface area contributed by atoms with Crippen molar-refractivity contribution >= 4 is 5.91 Å². The fourth-order valence-electron chi connectivity index (χ4n) is 1.71. The van der Waals surface area contributed by atoms with Crippen molar-refractivity contribution < 1.29 is 4.79 Å². The summed E-state index contributed by atoms with van der Waals surface area (Å²) in [6.07, 6.45) is 1.18. The van der Waals surface area contributed by atoms with E-state index in [1.807, 2.05) is 5.01 Å². The summed E-state index contributed by atoms with van der Waals surface area (Å²) in [4.78, 5) is 10.8. The van der Waals surface area contributed by atoms with Gasteiger partial charge in [-0.15, -0.1) is 0 Å². The van der Waals surface area contributed by atoms with E-state index in [-0.39, 0.29) is 5.91 Å². The van der Waals surface area contributed by atoms with Gasteiger partial charge in [-0.2, -0.15) is 0 Å². The third-order valence-corrected chi connectivity index (χ3v) is 2.12. The molecule has 0 aromatic carbocycles. The zero-order valence-electron chi connectivity index (χ0n) is 5.50. The van der Waals surface area contributed by atoms with Crippen LogP contribution in [0.1, 0.15) is 13.3 Å². The van der Waals surface area contributed by atoms with E-state index in [1.165, 1.54) is 6.42 Å². The molecule has 0 spiro atoms. The standard InChI is InChI=1S/C6H10N2O/c1-5(9)8-6-2-3-7(8)4-6/h6H,2-4H2,1H3/t6-/m1/s1. The summed E-state index contributed by atoms with van der Waals surface area (Å²) in [7, 11) is 0. The number of rotatable bonds is 0. The van der Waals surface area contributed by atoms with Crippen molar-refractivity contribution in [2.75, 3.05) is 13.1 Å². The van der Waals surface area contributed by atoms with Gasteiger partial charge in [0, 0.05) is 20.0 Å². The molecule has 3 saturated heterocycles. The highest BCUT2D eigenvalue weighted by Crippen LogP contribution is 2.29. The molecule has 1 amide bonds. The summed E-state index contributed by atoms with van der Waals surface area (Å²) in [5, 5.41) is 3.97. The zero-order valence-corrected chi connectivity index (χ0v) is 5.50. The molecule has 3 heteroatoms. The van der Waals surface area contributed by atoms with Gasteiger partial charge in [0.05, 0.1) is 6.04 Å². The first-order chi connectivity index (χ1) is 4.29. The SMILES string of the molecule is CC(=O)N1[C@@H]2CCN1C2. The predicted octanol–water partition coefficient (Wildman–Crippen LogP) is -0.162. The van der Waals surface area contributed by atoms with Crippen molar-refractivity contribution in [3.63, 3.8) is 0 Å². The molecule has 50 valence electrons. The van der Waals surface area contributed by atoms with Crippen LogP contribution in [0.4, 0.5) is 0 Å². The lowest BCUT2D eigenvalue weighted by atomic mass is 10.2. The Bertz CT molecular complexity index is 143. The van der Waals surface area contributed by atoms with E-state index in [2.05, 4.69) is 5.01 Å². The van der Waals surface area contributed by atoms with E-state index in [1.54, 1.807) is 6.92 Å². The maximum absolute atomic E-state index is 10.8. The Morgan fingerprint density at radius 2 is 2.44 bits per heavy atom. The van der Waals surface area contributed by atoms with Gasteiger partial charge in [0.15, 0.2) is 0 Å².